The van der Waals surface area contributed by atoms with Crippen LogP contribution in [0.4, 0.5) is 11.4 Å². The first-order valence-corrected chi connectivity index (χ1v) is 8.58. The predicted molar refractivity (Wildman–Crippen MR) is 100 cm³/mol. The van der Waals surface area contributed by atoms with Crippen molar-refractivity contribution in [1.82, 2.24) is 9.55 Å². The number of thiophene rings is 1. The standard InChI is InChI=1S/C17H14N4O5S/c1-26-14-5-4-11(21(24)25)7-12(14)19-16(22)9-20-10-18-13(8-17(20)23)15-3-2-6-27-15/h2-8,10H,9H2,1H3,(H,19,22). The molecular weight excluding hydrogens is 372 g/mol. The topological polar surface area (TPSA) is 116 Å². The lowest BCUT2D eigenvalue weighted by molar-refractivity contribution is -0.384. The molecule has 2 heterocycles. The Morgan fingerprint density at radius 1 is 1.37 bits per heavy atom. The van der Waals surface area contributed by atoms with Gasteiger partial charge >= 0.3 is 0 Å². The molecule has 0 spiro atoms. The highest BCUT2D eigenvalue weighted by Crippen LogP contribution is 2.28. The highest BCUT2D eigenvalue weighted by molar-refractivity contribution is 7.13. The van der Waals surface area contributed by atoms with E-state index < -0.39 is 10.8 Å². The number of nitro benzene ring substituents is 1. The van der Waals surface area contributed by atoms with E-state index in [2.05, 4.69) is 10.3 Å². The molecule has 9 nitrogen and oxygen atoms in total. The Labute approximate surface area is 157 Å². The lowest BCUT2D eigenvalue weighted by Gasteiger charge is -2.11. The van der Waals surface area contributed by atoms with Gasteiger partial charge in [0.15, 0.2) is 0 Å². The Kier molecular flexibility index (Phi) is 5.27. The first-order valence-electron chi connectivity index (χ1n) is 7.70. The number of nitro groups is 1. The number of methoxy groups -OCH3 is 1. The van der Waals surface area contributed by atoms with Crippen LogP contribution < -0.4 is 15.6 Å². The first kappa shape index (κ1) is 18.3. The Morgan fingerprint density at radius 3 is 2.81 bits per heavy atom. The molecular formula is C17H14N4O5S. The van der Waals surface area contributed by atoms with Crippen LogP contribution >= 0.6 is 11.3 Å². The molecule has 0 atom stereocenters. The summed E-state index contributed by atoms with van der Waals surface area (Å²) in [5.41, 5.74) is 0.111. The van der Waals surface area contributed by atoms with Crippen molar-refractivity contribution in [2.24, 2.45) is 0 Å². The molecule has 0 bridgehead atoms. The van der Waals surface area contributed by atoms with E-state index in [0.29, 0.717) is 5.69 Å². The summed E-state index contributed by atoms with van der Waals surface area (Å²) < 4.78 is 6.24. The summed E-state index contributed by atoms with van der Waals surface area (Å²) in [7, 11) is 1.38. The van der Waals surface area contributed by atoms with E-state index in [9.17, 15) is 19.7 Å². The summed E-state index contributed by atoms with van der Waals surface area (Å²) in [5.74, 6) is -0.269. The Balaban J connectivity index is 1.77. The van der Waals surface area contributed by atoms with Crippen molar-refractivity contribution in [1.29, 1.82) is 0 Å². The van der Waals surface area contributed by atoms with E-state index in [-0.39, 0.29) is 29.2 Å². The number of hydrogen-bond acceptors (Lipinski definition) is 7. The van der Waals surface area contributed by atoms with Crippen LogP contribution in [0.5, 0.6) is 5.75 Å². The average molecular weight is 386 g/mol. The van der Waals surface area contributed by atoms with E-state index in [1.54, 1.807) is 0 Å². The molecule has 2 aromatic heterocycles. The molecule has 27 heavy (non-hydrogen) atoms. The average Bonchev–Trinajstić information content (AvgIpc) is 3.18. The fourth-order valence-electron chi connectivity index (χ4n) is 2.36. The largest absolute Gasteiger partial charge is 0.495 e. The van der Waals surface area contributed by atoms with E-state index in [4.69, 9.17) is 4.74 Å². The maximum Gasteiger partial charge on any atom is 0.271 e. The van der Waals surface area contributed by atoms with Crippen LogP contribution in [-0.4, -0.2) is 27.5 Å². The minimum Gasteiger partial charge on any atom is -0.495 e. The maximum absolute atomic E-state index is 12.3. The normalized spacial score (nSPS) is 10.4. The van der Waals surface area contributed by atoms with Crippen molar-refractivity contribution in [3.63, 3.8) is 0 Å². The number of aromatic nitrogens is 2. The number of benzene rings is 1. The van der Waals surface area contributed by atoms with Crippen molar-refractivity contribution >= 4 is 28.6 Å². The van der Waals surface area contributed by atoms with Crippen LogP contribution in [0.3, 0.4) is 0 Å². The fourth-order valence-corrected chi connectivity index (χ4v) is 3.05. The molecule has 0 aliphatic rings. The molecule has 0 fully saturated rings. The Bertz CT molecular complexity index is 1050. The minimum absolute atomic E-state index is 0.146. The number of carbonyl (C=O) groups is 1. The molecule has 0 aliphatic heterocycles. The quantitative estimate of drug-likeness (QED) is 0.514. The van der Waals surface area contributed by atoms with Crippen molar-refractivity contribution in [3.8, 4) is 16.3 Å². The van der Waals surface area contributed by atoms with Gasteiger partial charge < -0.3 is 10.1 Å². The van der Waals surface area contributed by atoms with Gasteiger partial charge in [-0.3, -0.25) is 24.3 Å². The molecule has 0 saturated carbocycles. The number of nitrogens with zero attached hydrogens (tertiary/aromatic N) is 3. The first-order chi connectivity index (χ1) is 13.0. The van der Waals surface area contributed by atoms with Gasteiger partial charge in [-0.25, -0.2) is 4.98 Å². The second kappa shape index (κ2) is 7.79. The van der Waals surface area contributed by atoms with Crippen molar-refractivity contribution < 1.29 is 14.5 Å². The van der Waals surface area contributed by atoms with Crippen molar-refractivity contribution in [2.75, 3.05) is 12.4 Å². The number of anilines is 1. The van der Waals surface area contributed by atoms with E-state index in [0.717, 1.165) is 9.44 Å². The molecule has 1 N–H and O–H groups in total. The summed E-state index contributed by atoms with van der Waals surface area (Å²) in [6.45, 7) is -0.289. The van der Waals surface area contributed by atoms with E-state index in [1.165, 1.54) is 49.0 Å². The zero-order valence-electron chi connectivity index (χ0n) is 14.1. The number of rotatable bonds is 6. The zero-order valence-corrected chi connectivity index (χ0v) is 14.9. The summed E-state index contributed by atoms with van der Waals surface area (Å²) >= 11 is 1.46. The fraction of sp³-hybridized carbons (Fsp3) is 0.118. The van der Waals surface area contributed by atoms with Gasteiger partial charge in [0, 0.05) is 18.2 Å². The second-order valence-electron chi connectivity index (χ2n) is 5.41. The van der Waals surface area contributed by atoms with Gasteiger partial charge in [-0.15, -0.1) is 11.3 Å². The molecule has 0 saturated heterocycles. The van der Waals surface area contributed by atoms with Crippen LogP contribution in [0.1, 0.15) is 0 Å². The molecule has 3 rings (SSSR count). The third-order valence-electron chi connectivity index (χ3n) is 3.64. The Morgan fingerprint density at radius 2 is 2.19 bits per heavy atom. The summed E-state index contributed by atoms with van der Waals surface area (Å²) in [4.78, 5) is 39.9. The lowest BCUT2D eigenvalue weighted by Crippen LogP contribution is -2.27. The summed E-state index contributed by atoms with van der Waals surface area (Å²) in [6, 6.07) is 8.90. The number of ether oxygens (including phenoxy) is 1. The van der Waals surface area contributed by atoms with Gasteiger partial charge in [-0.2, -0.15) is 0 Å². The van der Waals surface area contributed by atoms with Gasteiger partial charge in [0.05, 0.1) is 34.6 Å². The predicted octanol–water partition coefficient (Wildman–Crippen LogP) is 2.53. The molecule has 0 radical (unpaired) electrons. The maximum atomic E-state index is 12.3. The van der Waals surface area contributed by atoms with Crippen molar-refractivity contribution in [2.45, 2.75) is 6.54 Å². The zero-order chi connectivity index (χ0) is 19.4. The highest BCUT2D eigenvalue weighted by Gasteiger charge is 2.14. The second-order valence-corrected chi connectivity index (χ2v) is 6.36. The number of carbonyl (C=O) groups excluding carboxylic acids is 1. The van der Waals surface area contributed by atoms with Crippen molar-refractivity contribution in [3.05, 3.63) is 68.6 Å². The van der Waals surface area contributed by atoms with Gasteiger partial charge in [-0.1, -0.05) is 6.07 Å². The summed E-state index contributed by atoms with van der Waals surface area (Å²) in [6.07, 6.45) is 1.29. The number of nitrogens with one attached hydrogen (secondary N) is 1. The molecule has 0 aliphatic carbocycles. The number of hydrogen-bond donors (Lipinski definition) is 1. The molecule has 0 unspecified atom stereocenters. The number of non-ortho nitro benzene ring substituents is 1. The van der Waals surface area contributed by atoms with Gasteiger partial charge in [0.1, 0.15) is 12.3 Å². The van der Waals surface area contributed by atoms with Crippen LogP contribution in [0.2, 0.25) is 0 Å². The van der Waals surface area contributed by atoms with Gasteiger partial charge in [-0.05, 0) is 17.5 Å². The SMILES string of the molecule is COc1ccc([N+](=O)[O-])cc1NC(=O)Cn1cnc(-c2cccs2)cc1=O. The molecule has 3 aromatic rings. The van der Waals surface area contributed by atoms with Crippen LogP contribution in [0, 0.1) is 10.1 Å². The Hall–Kier alpha value is -3.53. The molecule has 10 heteroatoms. The lowest BCUT2D eigenvalue weighted by atomic mass is 10.2. The third-order valence-corrected chi connectivity index (χ3v) is 4.53. The molecule has 1 amide bonds. The number of amides is 1. The van der Waals surface area contributed by atoms with Gasteiger partial charge in [0.25, 0.3) is 11.2 Å². The minimum atomic E-state index is -0.577. The third kappa shape index (κ3) is 4.18. The highest BCUT2D eigenvalue weighted by atomic mass is 32.1. The van der Waals surface area contributed by atoms with Crippen LogP contribution in [0.25, 0.3) is 10.6 Å². The van der Waals surface area contributed by atoms with E-state index >= 15 is 0 Å². The smallest absolute Gasteiger partial charge is 0.271 e. The van der Waals surface area contributed by atoms with Crippen LogP contribution in [0.15, 0.2) is 52.9 Å². The van der Waals surface area contributed by atoms with Crippen LogP contribution in [-0.2, 0) is 11.3 Å². The van der Waals surface area contributed by atoms with E-state index in [1.807, 2.05) is 17.5 Å². The molecule has 138 valence electrons. The molecule has 1 aromatic carbocycles. The summed E-state index contributed by atoms with van der Waals surface area (Å²) in [5, 5.41) is 15.3. The van der Waals surface area contributed by atoms with Gasteiger partial charge in [0.2, 0.25) is 5.91 Å². The monoisotopic (exact) mass is 386 g/mol.